The number of carboxylic acid groups (broad SMARTS) is 1. The van der Waals surface area contributed by atoms with E-state index in [0.29, 0.717) is 6.42 Å². The van der Waals surface area contributed by atoms with E-state index in [4.69, 9.17) is 5.11 Å². The SMILES string of the molecule is CCCCCCCC[C@@H](O)[C@@H](O)CCCCCCCCCC(=O)O. The highest BCUT2D eigenvalue weighted by molar-refractivity contribution is 5.66. The van der Waals surface area contributed by atoms with E-state index in [1.165, 1.54) is 25.7 Å². The van der Waals surface area contributed by atoms with Crippen molar-refractivity contribution in [2.75, 3.05) is 0 Å². The first-order valence-electron chi connectivity index (χ1n) is 10.2. The van der Waals surface area contributed by atoms with Crippen LogP contribution in [0.4, 0.5) is 0 Å². The molecule has 3 N–H and O–H groups in total. The van der Waals surface area contributed by atoms with Crippen LogP contribution in [0.5, 0.6) is 0 Å². The molecule has 0 aromatic rings. The molecule has 0 spiro atoms. The Morgan fingerprint density at radius 2 is 1.04 bits per heavy atom. The Bertz CT molecular complexity index is 281. The van der Waals surface area contributed by atoms with Crippen molar-refractivity contribution in [3.05, 3.63) is 0 Å². The minimum absolute atomic E-state index is 0.280. The van der Waals surface area contributed by atoms with Crippen molar-refractivity contribution in [2.45, 2.75) is 122 Å². The maximum atomic E-state index is 10.4. The number of hydrogen-bond donors (Lipinski definition) is 3. The van der Waals surface area contributed by atoms with Crippen LogP contribution in [0.2, 0.25) is 0 Å². The minimum atomic E-state index is -0.705. The lowest BCUT2D eigenvalue weighted by Gasteiger charge is -2.17. The summed E-state index contributed by atoms with van der Waals surface area (Å²) >= 11 is 0. The number of carboxylic acids is 1. The second-order valence-electron chi connectivity index (χ2n) is 7.10. The molecule has 4 heteroatoms. The predicted molar refractivity (Wildman–Crippen MR) is 99.2 cm³/mol. The van der Waals surface area contributed by atoms with Gasteiger partial charge in [0.15, 0.2) is 0 Å². The second-order valence-corrected chi connectivity index (χ2v) is 7.10. The molecule has 0 unspecified atom stereocenters. The summed E-state index contributed by atoms with van der Waals surface area (Å²) in [5.74, 6) is -0.705. The van der Waals surface area contributed by atoms with Crippen molar-refractivity contribution in [1.82, 2.24) is 0 Å². The molecular weight excluding hydrogens is 304 g/mol. The average Bonchev–Trinajstić information content (AvgIpc) is 2.55. The number of unbranched alkanes of at least 4 members (excludes halogenated alkanes) is 11. The van der Waals surface area contributed by atoms with Gasteiger partial charge in [-0.15, -0.1) is 0 Å². The van der Waals surface area contributed by atoms with Gasteiger partial charge < -0.3 is 15.3 Å². The minimum Gasteiger partial charge on any atom is -0.481 e. The van der Waals surface area contributed by atoms with E-state index in [1.54, 1.807) is 0 Å². The molecule has 144 valence electrons. The molecule has 0 radical (unpaired) electrons. The van der Waals surface area contributed by atoms with Gasteiger partial charge >= 0.3 is 5.97 Å². The zero-order chi connectivity index (χ0) is 18.0. The third-order valence-corrected chi connectivity index (χ3v) is 4.69. The molecule has 0 heterocycles. The van der Waals surface area contributed by atoms with Crippen molar-refractivity contribution in [1.29, 1.82) is 0 Å². The smallest absolute Gasteiger partial charge is 0.303 e. The second kappa shape index (κ2) is 17.2. The summed E-state index contributed by atoms with van der Waals surface area (Å²) in [6.45, 7) is 2.21. The van der Waals surface area contributed by atoms with Gasteiger partial charge in [-0.05, 0) is 19.3 Å². The zero-order valence-corrected chi connectivity index (χ0v) is 15.7. The Morgan fingerprint density at radius 3 is 1.46 bits per heavy atom. The van der Waals surface area contributed by atoms with Gasteiger partial charge in [0, 0.05) is 6.42 Å². The van der Waals surface area contributed by atoms with Gasteiger partial charge in [0.2, 0.25) is 0 Å². The van der Waals surface area contributed by atoms with E-state index in [1.807, 2.05) is 0 Å². The highest BCUT2D eigenvalue weighted by Crippen LogP contribution is 2.15. The largest absolute Gasteiger partial charge is 0.481 e. The highest BCUT2D eigenvalue weighted by atomic mass is 16.4. The lowest BCUT2D eigenvalue weighted by Crippen LogP contribution is -2.25. The Hall–Kier alpha value is -0.610. The fourth-order valence-corrected chi connectivity index (χ4v) is 3.03. The van der Waals surface area contributed by atoms with Gasteiger partial charge in [0.1, 0.15) is 0 Å². The molecule has 0 aliphatic carbocycles. The standard InChI is InChI=1S/C20H40O4/c1-2-3-4-5-9-12-15-18(21)19(22)16-13-10-7-6-8-11-14-17-20(23)24/h18-19,21-22H,2-17H2,1H3,(H,23,24)/t18-,19+/m1/s1. The maximum Gasteiger partial charge on any atom is 0.303 e. The molecule has 0 aliphatic heterocycles. The molecule has 24 heavy (non-hydrogen) atoms. The first-order valence-corrected chi connectivity index (χ1v) is 10.2. The Balaban J connectivity index is 3.35. The van der Waals surface area contributed by atoms with Crippen LogP contribution in [0, 0.1) is 0 Å². The molecular formula is C20H40O4. The summed E-state index contributed by atoms with van der Waals surface area (Å²) in [5, 5.41) is 28.5. The molecule has 0 aromatic heterocycles. The van der Waals surface area contributed by atoms with Crippen LogP contribution in [0.1, 0.15) is 110 Å². The van der Waals surface area contributed by atoms with Gasteiger partial charge in [-0.25, -0.2) is 0 Å². The van der Waals surface area contributed by atoms with Crippen LogP contribution >= 0.6 is 0 Å². The Morgan fingerprint density at radius 1 is 0.667 bits per heavy atom. The number of carbonyl (C=O) groups is 1. The molecule has 0 saturated carbocycles. The third kappa shape index (κ3) is 16.3. The van der Waals surface area contributed by atoms with Gasteiger partial charge in [-0.2, -0.15) is 0 Å². The molecule has 0 saturated heterocycles. The maximum absolute atomic E-state index is 10.4. The number of hydrogen-bond acceptors (Lipinski definition) is 3. The van der Waals surface area contributed by atoms with Crippen LogP contribution in [-0.4, -0.2) is 33.5 Å². The Labute approximate surface area is 148 Å². The van der Waals surface area contributed by atoms with Crippen LogP contribution in [-0.2, 0) is 4.79 Å². The topological polar surface area (TPSA) is 77.8 Å². The highest BCUT2D eigenvalue weighted by Gasteiger charge is 2.15. The first kappa shape index (κ1) is 23.4. The fourth-order valence-electron chi connectivity index (χ4n) is 3.03. The lowest BCUT2D eigenvalue weighted by molar-refractivity contribution is -0.137. The molecule has 0 bridgehead atoms. The average molecular weight is 345 g/mol. The molecule has 0 rings (SSSR count). The number of aliphatic hydroxyl groups excluding tert-OH is 2. The molecule has 0 aliphatic rings. The number of aliphatic hydroxyl groups is 2. The van der Waals surface area contributed by atoms with Crippen molar-refractivity contribution >= 4 is 5.97 Å². The predicted octanol–water partition coefficient (Wildman–Crippen LogP) is 5.05. The van der Waals surface area contributed by atoms with Crippen LogP contribution in [0.3, 0.4) is 0 Å². The van der Waals surface area contributed by atoms with Gasteiger partial charge in [-0.1, -0.05) is 84.0 Å². The van der Waals surface area contributed by atoms with Crippen LogP contribution in [0.15, 0.2) is 0 Å². The molecule has 0 fully saturated rings. The molecule has 4 nitrogen and oxygen atoms in total. The lowest BCUT2D eigenvalue weighted by atomic mass is 9.99. The van der Waals surface area contributed by atoms with Gasteiger partial charge in [-0.3, -0.25) is 4.79 Å². The van der Waals surface area contributed by atoms with Gasteiger partial charge in [0.25, 0.3) is 0 Å². The first-order chi connectivity index (χ1) is 11.6. The summed E-state index contributed by atoms with van der Waals surface area (Å²) in [4.78, 5) is 10.4. The number of rotatable bonds is 18. The van der Waals surface area contributed by atoms with E-state index in [2.05, 4.69) is 6.92 Å². The Kier molecular flexibility index (Phi) is 16.8. The van der Waals surface area contributed by atoms with E-state index < -0.39 is 18.2 Å². The summed E-state index contributed by atoms with van der Waals surface area (Å²) < 4.78 is 0. The normalized spacial score (nSPS) is 13.8. The summed E-state index contributed by atoms with van der Waals surface area (Å²) in [6, 6.07) is 0. The molecule has 0 aromatic carbocycles. The monoisotopic (exact) mass is 344 g/mol. The van der Waals surface area contributed by atoms with E-state index in [9.17, 15) is 15.0 Å². The van der Waals surface area contributed by atoms with Crippen molar-refractivity contribution in [2.24, 2.45) is 0 Å². The van der Waals surface area contributed by atoms with E-state index >= 15 is 0 Å². The van der Waals surface area contributed by atoms with E-state index in [-0.39, 0.29) is 6.42 Å². The quantitative estimate of drug-likeness (QED) is 0.304. The van der Waals surface area contributed by atoms with Crippen LogP contribution < -0.4 is 0 Å². The van der Waals surface area contributed by atoms with E-state index in [0.717, 1.165) is 64.2 Å². The van der Waals surface area contributed by atoms with Crippen molar-refractivity contribution < 1.29 is 20.1 Å². The fraction of sp³-hybridized carbons (Fsp3) is 0.950. The summed E-state index contributed by atoms with van der Waals surface area (Å²) in [5.41, 5.74) is 0. The summed E-state index contributed by atoms with van der Waals surface area (Å²) in [6.07, 6.45) is 15.0. The molecule has 2 atom stereocenters. The number of aliphatic carboxylic acids is 1. The summed E-state index contributed by atoms with van der Waals surface area (Å²) in [7, 11) is 0. The third-order valence-electron chi connectivity index (χ3n) is 4.69. The zero-order valence-electron chi connectivity index (χ0n) is 15.7. The van der Waals surface area contributed by atoms with Crippen LogP contribution in [0.25, 0.3) is 0 Å². The van der Waals surface area contributed by atoms with Crippen molar-refractivity contribution in [3.8, 4) is 0 Å². The van der Waals surface area contributed by atoms with Gasteiger partial charge in [0.05, 0.1) is 12.2 Å². The molecule has 0 amide bonds. The van der Waals surface area contributed by atoms with Crippen molar-refractivity contribution in [3.63, 3.8) is 0 Å².